The summed E-state index contributed by atoms with van der Waals surface area (Å²) in [6.07, 6.45) is 2.25. The average Bonchev–Trinajstić information content (AvgIpc) is 2.79. The molecule has 0 aromatic carbocycles. The van der Waals surface area contributed by atoms with Crippen LogP contribution in [0.2, 0.25) is 5.15 Å². The zero-order valence-electron chi connectivity index (χ0n) is 9.07. The molecule has 0 unspecified atom stereocenters. The number of thiazole rings is 1. The summed E-state index contributed by atoms with van der Waals surface area (Å²) in [6.45, 7) is 1.89. The zero-order valence-corrected chi connectivity index (χ0v) is 10.6. The normalized spacial score (nSPS) is 10.7. The van der Waals surface area contributed by atoms with Gasteiger partial charge in [-0.25, -0.2) is 9.78 Å². The summed E-state index contributed by atoms with van der Waals surface area (Å²) in [7, 11) is 0. The highest BCUT2D eigenvalue weighted by molar-refractivity contribution is 7.09. The van der Waals surface area contributed by atoms with Crippen LogP contribution in [0.15, 0.2) is 21.2 Å². The molecule has 0 saturated heterocycles. The predicted molar refractivity (Wildman–Crippen MR) is 66.9 cm³/mol. The van der Waals surface area contributed by atoms with Gasteiger partial charge in [0.1, 0.15) is 5.15 Å². The maximum atomic E-state index is 11.8. The average molecular weight is 272 g/mol. The van der Waals surface area contributed by atoms with Crippen LogP contribution in [-0.2, 0) is 13.0 Å². The van der Waals surface area contributed by atoms with E-state index in [2.05, 4.69) is 9.97 Å². The molecule has 0 aliphatic rings. The Bertz CT molecular complexity index is 630. The lowest BCUT2D eigenvalue weighted by molar-refractivity contribution is 0.621. The van der Waals surface area contributed by atoms with E-state index in [0.29, 0.717) is 18.5 Å². The Morgan fingerprint density at radius 3 is 2.94 bits per heavy atom. The van der Waals surface area contributed by atoms with Gasteiger partial charge in [0.15, 0.2) is 0 Å². The van der Waals surface area contributed by atoms with Crippen LogP contribution in [0.5, 0.6) is 0 Å². The van der Waals surface area contributed by atoms with Crippen LogP contribution in [0, 0.1) is 6.92 Å². The Balaban J connectivity index is 2.31. The molecule has 90 valence electrons. The molecule has 0 amide bonds. The zero-order chi connectivity index (χ0) is 12.4. The summed E-state index contributed by atoms with van der Waals surface area (Å²) in [6, 6.07) is 0. The van der Waals surface area contributed by atoms with E-state index < -0.39 is 5.69 Å². The molecule has 0 aliphatic carbocycles. The molecule has 0 aliphatic heterocycles. The summed E-state index contributed by atoms with van der Waals surface area (Å²) < 4.78 is 1.14. The Morgan fingerprint density at radius 1 is 1.53 bits per heavy atom. The second-order valence-corrected chi connectivity index (χ2v) is 4.86. The highest BCUT2D eigenvalue weighted by Gasteiger charge is 2.09. The third-order valence-electron chi connectivity index (χ3n) is 2.39. The van der Waals surface area contributed by atoms with Crippen LogP contribution in [-0.4, -0.2) is 14.5 Å². The first-order valence-electron chi connectivity index (χ1n) is 4.97. The van der Waals surface area contributed by atoms with Crippen LogP contribution in [0.1, 0.15) is 10.6 Å². The van der Waals surface area contributed by atoms with Gasteiger partial charge in [-0.2, -0.15) is 0 Å². The van der Waals surface area contributed by atoms with Crippen molar-refractivity contribution in [3.05, 3.63) is 48.1 Å². The largest absolute Gasteiger partial charge is 0.329 e. The lowest BCUT2D eigenvalue weighted by Gasteiger charge is -2.05. The van der Waals surface area contributed by atoms with Crippen LogP contribution in [0.3, 0.4) is 0 Å². The van der Waals surface area contributed by atoms with Gasteiger partial charge in [0.25, 0.3) is 5.56 Å². The molecule has 5 nitrogen and oxygen atoms in total. The summed E-state index contributed by atoms with van der Waals surface area (Å²) >= 11 is 7.21. The van der Waals surface area contributed by atoms with Gasteiger partial charge in [0, 0.05) is 30.1 Å². The monoisotopic (exact) mass is 271 g/mol. The summed E-state index contributed by atoms with van der Waals surface area (Å²) in [5, 5.41) is 2.85. The fourth-order valence-electron chi connectivity index (χ4n) is 1.43. The van der Waals surface area contributed by atoms with Crippen molar-refractivity contribution in [3.8, 4) is 0 Å². The molecular weight excluding hydrogens is 262 g/mol. The fraction of sp³-hybridized carbons (Fsp3) is 0.300. The van der Waals surface area contributed by atoms with Gasteiger partial charge in [-0.15, -0.1) is 11.3 Å². The van der Waals surface area contributed by atoms with Crippen molar-refractivity contribution in [2.24, 2.45) is 0 Å². The predicted octanol–water partition coefficient (Wildman–Crippen LogP) is 1.20. The number of nitrogens with zero attached hydrogens (tertiary/aromatic N) is 2. The number of rotatable bonds is 3. The molecule has 0 bridgehead atoms. The van der Waals surface area contributed by atoms with Crippen LogP contribution in [0.25, 0.3) is 0 Å². The number of H-pyrrole nitrogens is 1. The summed E-state index contributed by atoms with van der Waals surface area (Å²) in [4.78, 5) is 29.9. The van der Waals surface area contributed by atoms with E-state index in [1.54, 1.807) is 13.1 Å². The Morgan fingerprint density at radius 2 is 2.29 bits per heavy atom. The van der Waals surface area contributed by atoms with Crippen LogP contribution < -0.4 is 11.2 Å². The van der Waals surface area contributed by atoms with E-state index >= 15 is 0 Å². The van der Waals surface area contributed by atoms with Gasteiger partial charge in [-0.05, 0) is 6.92 Å². The molecule has 0 fully saturated rings. The van der Waals surface area contributed by atoms with Crippen molar-refractivity contribution in [2.45, 2.75) is 19.9 Å². The van der Waals surface area contributed by atoms with Gasteiger partial charge < -0.3 is 0 Å². The van der Waals surface area contributed by atoms with E-state index in [0.717, 1.165) is 9.57 Å². The number of halogens is 1. The molecule has 0 atom stereocenters. The highest BCUT2D eigenvalue weighted by atomic mass is 35.5. The van der Waals surface area contributed by atoms with Gasteiger partial charge >= 0.3 is 5.69 Å². The molecule has 2 heterocycles. The number of aryl methyl sites for hydroxylation is 1. The van der Waals surface area contributed by atoms with Crippen molar-refractivity contribution < 1.29 is 0 Å². The summed E-state index contributed by atoms with van der Waals surface area (Å²) in [5.74, 6) is 0. The van der Waals surface area contributed by atoms with Gasteiger partial charge in [-0.3, -0.25) is 14.3 Å². The molecule has 17 heavy (non-hydrogen) atoms. The van der Waals surface area contributed by atoms with Crippen LogP contribution >= 0.6 is 22.9 Å². The van der Waals surface area contributed by atoms with Crippen LogP contribution in [0.4, 0.5) is 0 Å². The first-order chi connectivity index (χ1) is 8.09. The lowest BCUT2D eigenvalue weighted by atomic mass is 10.3. The lowest BCUT2D eigenvalue weighted by Crippen LogP contribution is -2.37. The minimum atomic E-state index is -0.484. The first kappa shape index (κ1) is 12.1. The number of aromatic nitrogens is 3. The number of nitrogens with one attached hydrogen (secondary N) is 1. The SMILES string of the molecule is Cc1c(Cl)[nH]c(=O)n(CCc2nccs2)c1=O. The topological polar surface area (TPSA) is 67.8 Å². The highest BCUT2D eigenvalue weighted by Crippen LogP contribution is 2.06. The first-order valence-corrected chi connectivity index (χ1v) is 6.23. The van der Waals surface area contributed by atoms with E-state index in [1.807, 2.05) is 5.38 Å². The summed E-state index contributed by atoms with van der Waals surface area (Å²) in [5.41, 5.74) is -0.483. The molecule has 2 rings (SSSR count). The standard InChI is InChI=1S/C10H10ClN3O2S/c1-6-8(11)13-10(16)14(9(6)15)4-2-7-12-3-5-17-7/h3,5H,2,4H2,1H3,(H,13,16). The third-order valence-corrected chi connectivity index (χ3v) is 3.61. The van der Waals surface area contributed by atoms with Crippen molar-refractivity contribution in [2.75, 3.05) is 0 Å². The molecular formula is C10H10ClN3O2S. The van der Waals surface area contributed by atoms with Crippen molar-refractivity contribution in [1.29, 1.82) is 0 Å². The molecule has 2 aromatic rings. The van der Waals surface area contributed by atoms with E-state index in [-0.39, 0.29) is 10.7 Å². The smallest absolute Gasteiger partial charge is 0.297 e. The molecule has 0 saturated carbocycles. The molecule has 2 aromatic heterocycles. The quantitative estimate of drug-likeness (QED) is 0.853. The Labute approximate surface area is 106 Å². The second kappa shape index (κ2) is 4.85. The van der Waals surface area contributed by atoms with Crippen molar-refractivity contribution >= 4 is 22.9 Å². The molecule has 7 heteroatoms. The van der Waals surface area contributed by atoms with Crippen molar-refractivity contribution in [1.82, 2.24) is 14.5 Å². The minimum Gasteiger partial charge on any atom is -0.297 e. The fourth-order valence-corrected chi connectivity index (χ4v) is 2.20. The maximum absolute atomic E-state index is 11.8. The van der Waals surface area contributed by atoms with Crippen molar-refractivity contribution in [3.63, 3.8) is 0 Å². The van der Waals surface area contributed by atoms with E-state index in [1.165, 1.54) is 11.3 Å². The molecule has 0 spiro atoms. The Hall–Kier alpha value is -1.40. The minimum absolute atomic E-state index is 0.102. The van der Waals surface area contributed by atoms with Gasteiger partial charge in [-0.1, -0.05) is 11.6 Å². The Kier molecular flexibility index (Phi) is 3.44. The second-order valence-electron chi connectivity index (χ2n) is 3.50. The van der Waals surface area contributed by atoms with E-state index in [4.69, 9.17) is 11.6 Å². The number of aromatic amines is 1. The van der Waals surface area contributed by atoms with E-state index in [9.17, 15) is 9.59 Å². The third kappa shape index (κ3) is 2.48. The number of hydrogen-bond donors (Lipinski definition) is 1. The maximum Gasteiger partial charge on any atom is 0.329 e. The number of hydrogen-bond acceptors (Lipinski definition) is 4. The van der Waals surface area contributed by atoms with Gasteiger partial charge in [0.05, 0.1) is 5.01 Å². The molecule has 1 N–H and O–H groups in total. The van der Waals surface area contributed by atoms with Gasteiger partial charge in [0.2, 0.25) is 0 Å². The molecule has 0 radical (unpaired) electrons.